The van der Waals surface area contributed by atoms with Crippen molar-refractivity contribution in [2.75, 3.05) is 43.5 Å². The summed E-state index contributed by atoms with van der Waals surface area (Å²) in [5, 5.41) is 3.79. The highest BCUT2D eigenvalue weighted by Crippen LogP contribution is 2.29. The van der Waals surface area contributed by atoms with Crippen LogP contribution in [0.5, 0.6) is 0 Å². The van der Waals surface area contributed by atoms with Gasteiger partial charge in [0.15, 0.2) is 0 Å². The van der Waals surface area contributed by atoms with Crippen LogP contribution in [0.3, 0.4) is 0 Å². The highest BCUT2D eigenvalue weighted by atomic mass is 15.2. The first-order valence-corrected chi connectivity index (χ1v) is 8.29. The third-order valence-corrected chi connectivity index (χ3v) is 4.99. The zero-order valence-corrected chi connectivity index (χ0v) is 14.4. The van der Waals surface area contributed by atoms with Gasteiger partial charge in [-0.1, -0.05) is 19.9 Å². The molecule has 0 radical (unpaired) electrons. The van der Waals surface area contributed by atoms with Gasteiger partial charge in [0.1, 0.15) is 0 Å². The molecule has 1 N–H and O–H groups in total. The number of rotatable bonds is 4. The van der Waals surface area contributed by atoms with Crippen molar-refractivity contribution >= 4 is 11.4 Å². The Morgan fingerprint density at radius 1 is 1.24 bits per heavy atom. The summed E-state index contributed by atoms with van der Waals surface area (Å²) in [7, 11) is 4.25. The molecule has 1 aliphatic heterocycles. The van der Waals surface area contributed by atoms with Crippen LogP contribution in [0.15, 0.2) is 18.2 Å². The maximum absolute atomic E-state index is 3.79. The average molecular weight is 289 g/mol. The summed E-state index contributed by atoms with van der Waals surface area (Å²) in [6, 6.07) is 6.88. The van der Waals surface area contributed by atoms with Gasteiger partial charge >= 0.3 is 0 Å². The Bertz CT molecular complexity index is 464. The van der Waals surface area contributed by atoms with E-state index in [2.05, 4.69) is 68.2 Å². The van der Waals surface area contributed by atoms with Gasteiger partial charge < -0.3 is 15.1 Å². The number of hydrogen-bond donors (Lipinski definition) is 1. The summed E-state index contributed by atoms with van der Waals surface area (Å²) in [5.41, 5.74) is 4.29. The fourth-order valence-corrected chi connectivity index (χ4v) is 3.34. The fraction of sp³-hybridized carbons (Fsp3) is 0.667. The quantitative estimate of drug-likeness (QED) is 0.916. The van der Waals surface area contributed by atoms with E-state index >= 15 is 0 Å². The zero-order chi connectivity index (χ0) is 15.5. The maximum atomic E-state index is 3.79. The smallest absolute Gasteiger partial charge is 0.0411 e. The molecule has 21 heavy (non-hydrogen) atoms. The molecular weight excluding hydrogens is 258 g/mol. The van der Waals surface area contributed by atoms with Crippen molar-refractivity contribution in [3.63, 3.8) is 0 Å². The highest BCUT2D eigenvalue weighted by molar-refractivity contribution is 5.63. The van der Waals surface area contributed by atoms with Gasteiger partial charge in [0.25, 0.3) is 0 Å². The molecule has 0 amide bonds. The molecule has 0 atom stereocenters. The molecule has 1 aromatic rings. The molecule has 0 spiro atoms. The minimum absolute atomic E-state index is 0.264. The second-order valence-corrected chi connectivity index (χ2v) is 6.55. The van der Waals surface area contributed by atoms with Gasteiger partial charge in [0, 0.05) is 44.1 Å². The van der Waals surface area contributed by atoms with Crippen molar-refractivity contribution in [2.24, 2.45) is 0 Å². The van der Waals surface area contributed by atoms with Gasteiger partial charge in [-0.25, -0.2) is 0 Å². The van der Waals surface area contributed by atoms with E-state index in [9.17, 15) is 0 Å². The summed E-state index contributed by atoms with van der Waals surface area (Å²) in [4.78, 5) is 4.78. The molecule has 1 aromatic carbocycles. The molecule has 3 heteroatoms. The van der Waals surface area contributed by atoms with Crippen LogP contribution in [-0.4, -0.2) is 39.3 Å². The van der Waals surface area contributed by atoms with Crippen molar-refractivity contribution in [2.45, 2.75) is 45.6 Å². The summed E-state index contributed by atoms with van der Waals surface area (Å²) >= 11 is 0. The van der Waals surface area contributed by atoms with Crippen LogP contribution >= 0.6 is 0 Å². The molecule has 118 valence electrons. The summed E-state index contributed by atoms with van der Waals surface area (Å²) in [6.45, 7) is 10.2. The molecule has 0 saturated carbocycles. The Morgan fingerprint density at radius 2 is 1.95 bits per heavy atom. The monoisotopic (exact) mass is 289 g/mol. The van der Waals surface area contributed by atoms with Crippen LogP contribution in [0.25, 0.3) is 0 Å². The summed E-state index contributed by atoms with van der Waals surface area (Å²) < 4.78 is 0. The Kier molecular flexibility index (Phi) is 5.15. The largest absolute Gasteiger partial charge is 0.377 e. The first kappa shape index (κ1) is 16.2. The molecule has 0 unspecified atom stereocenters. The molecule has 1 fully saturated rings. The molecule has 2 rings (SSSR count). The normalized spacial score (nSPS) is 18.4. The Labute approximate surface area is 130 Å². The lowest BCUT2D eigenvalue weighted by atomic mass is 9.92. The minimum Gasteiger partial charge on any atom is -0.377 e. The summed E-state index contributed by atoms with van der Waals surface area (Å²) in [5.74, 6) is 0. The Balaban J connectivity index is 2.29. The minimum atomic E-state index is 0.264. The van der Waals surface area contributed by atoms with Crippen LogP contribution in [-0.2, 0) is 0 Å². The number of nitrogens with zero attached hydrogens (tertiary/aromatic N) is 2. The molecule has 1 heterocycles. The number of benzene rings is 1. The van der Waals surface area contributed by atoms with E-state index in [0.29, 0.717) is 0 Å². The predicted octanol–water partition coefficient (Wildman–Crippen LogP) is 3.42. The van der Waals surface area contributed by atoms with Gasteiger partial charge in [-0.05, 0) is 50.4 Å². The van der Waals surface area contributed by atoms with E-state index in [1.807, 2.05) is 0 Å². The number of hydrogen-bond acceptors (Lipinski definition) is 3. The van der Waals surface area contributed by atoms with Gasteiger partial charge in [0.05, 0.1) is 0 Å². The molecular formula is C18H31N3. The Hall–Kier alpha value is -1.22. The number of aryl methyl sites for hydroxylation is 1. The highest BCUT2D eigenvalue weighted by Gasteiger charge is 2.30. The standard InChI is InChI=1S/C18H31N3/c1-6-18(7-2)14-21(12-8-11-19-18)16-10-9-15(3)17(13-16)20(4)5/h9-10,13,19H,6-8,11-12,14H2,1-5H3. The number of anilines is 2. The van der Waals surface area contributed by atoms with Crippen LogP contribution < -0.4 is 15.1 Å². The molecule has 0 aliphatic carbocycles. The van der Waals surface area contributed by atoms with Gasteiger partial charge in [-0.2, -0.15) is 0 Å². The van der Waals surface area contributed by atoms with Crippen LogP contribution in [0, 0.1) is 6.92 Å². The van der Waals surface area contributed by atoms with E-state index in [1.54, 1.807) is 0 Å². The van der Waals surface area contributed by atoms with E-state index in [0.717, 1.165) is 19.6 Å². The topological polar surface area (TPSA) is 18.5 Å². The SMILES string of the molecule is CCC1(CC)CN(c2ccc(C)c(N(C)C)c2)CCCN1. The van der Waals surface area contributed by atoms with Crippen LogP contribution in [0.4, 0.5) is 11.4 Å². The van der Waals surface area contributed by atoms with E-state index < -0.39 is 0 Å². The van der Waals surface area contributed by atoms with Crippen molar-refractivity contribution in [1.29, 1.82) is 0 Å². The average Bonchev–Trinajstić information content (AvgIpc) is 2.70. The molecule has 0 bridgehead atoms. The van der Waals surface area contributed by atoms with E-state index in [-0.39, 0.29) is 5.54 Å². The van der Waals surface area contributed by atoms with E-state index in [4.69, 9.17) is 0 Å². The molecule has 1 aliphatic rings. The van der Waals surface area contributed by atoms with Crippen molar-refractivity contribution in [3.05, 3.63) is 23.8 Å². The second-order valence-electron chi connectivity index (χ2n) is 6.55. The molecule has 1 saturated heterocycles. The van der Waals surface area contributed by atoms with Gasteiger partial charge in [0.2, 0.25) is 0 Å². The Morgan fingerprint density at radius 3 is 2.57 bits per heavy atom. The third kappa shape index (κ3) is 3.52. The third-order valence-electron chi connectivity index (χ3n) is 4.99. The molecule has 0 aromatic heterocycles. The zero-order valence-electron chi connectivity index (χ0n) is 14.4. The maximum Gasteiger partial charge on any atom is 0.0411 e. The van der Waals surface area contributed by atoms with Crippen LogP contribution in [0.1, 0.15) is 38.7 Å². The fourth-order valence-electron chi connectivity index (χ4n) is 3.34. The first-order chi connectivity index (χ1) is 10.0. The van der Waals surface area contributed by atoms with Gasteiger partial charge in [-0.15, -0.1) is 0 Å². The molecule has 3 nitrogen and oxygen atoms in total. The van der Waals surface area contributed by atoms with Crippen LogP contribution in [0.2, 0.25) is 0 Å². The summed E-state index contributed by atoms with van der Waals surface area (Å²) in [6.07, 6.45) is 3.59. The van der Waals surface area contributed by atoms with Crippen molar-refractivity contribution in [1.82, 2.24) is 5.32 Å². The van der Waals surface area contributed by atoms with E-state index in [1.165, 1.54) is 36.2 Å². The second kappa shape index (κ2) is 6.69. The lowest BCUT2D eigenvalue weighted by Gasteiger charge is -2.36. The first-order valence-electron chi connectivity index (χ1n) is 8.29. The predicted molar refractivity (Wildman–Crippen MR) is 93.7 cm³/mol. The van der Waals surface area contributed by atoms with Crippen molar-refractivity contribution in [3.8, 4) is 0 Å². The van der Waals surface area contributed by atoms with Gasteiger partial charge in [-0.3, -0.25) is 0 Å². The number of nitrogens with one attached hydrogen (secondary N) is 1. The van der Waals surface area contributed by atoms with Crippen molar-refractivity contribution < 1.29 is 0 Å². The lowest BCUT2D eigenvalue weighted by molar-refractivity contribution is 0.321. The lowest BCUT2D eigenvalue weighted by Crippen LogP contribution is -2.50.